The summed E-state index contributed by atoms with van der Waals surface area (Å²) >= 11 is 0. The average molecular weight is 175 g/mol. The van der Waals surface area contributed by atoms with E-state index < -0.39 is 5.97 Å². The molecule has 0 bridgehead atoms. The fourth-order valence-corrected chi connectivity index (χ4v) is 0.801. The van der Waals surface area contributed by atoms with Crippen molar-refractivity contribution >= 4 is 5.97 Å². The summed E-state index contributed by atoms with van der Waals surface area (Å²) in [6, 6.07) is 0. The Balaban J connectivity index is 2.96. The molecule has 3 N–H and O–H groups in total. The maximum atomic E-state index is 10.1. The van der Waals surface area contributed by atoms with Crippen molar-refractivity contribution in [1.82, 2.24) is 5.32 Å². The Bertz CT molecular complexity index is 125. The topological polar surface area (TPSA) is 69.6 Å². The molecule has 0 saturated carbocycles. The summed E-state index contributed by atoms with van der Waals surface area (Å²) in [5.41, 5.74) is 0. The summed E-state index contributed by atoms with van der Waals surface area (Å²) in [4.78, 5) is 10.1. The van der Waals surface area contributed by atoms with Crippen LogP contribution in [-0.4, -0.2) is 35.4 Å². The second-order valence-electron chi connectivity index (χ2n) is 2.88. The molecule has 0 rings (SSSR count). The molecule has 1 unspecified atom stereocenters. The molecule has 12 heavy (non-hydrogen) atoms. The van der Waals surface area contributed by atoms with Gasteiger partial charge in [-0.05, 0) is 32.9 Å². The lowest BCUT2D eigenvalue weighted by Crippen LogP contribution is -2.20. The van der Waals surface area contributed by atoms with Crippen molar-refractivity contribution in [1.29, 1.82) is 0 Å². The first-order valence-electron chi connectivity index (χ1n) is 4.23. The van der Waals surface area contributed by atoms with E-state index in [9.17, 15) is 4.79 Å². The van der Waals surface area contributed by atoms with Crippen molar-refractivity contribution in [2.24, 2.45) is 0 Å². The molecule has 0 aliphatic rings. The van der Waals surface area contributed by atoms with Crippen molar-refractivity contribution in [3.63, 3.8) is 0 Å². The molecule has 0 aliphatic heterocycles. The lowest BCUT2D eigenvalue weighted by atomic mass is 10.2. The molecule has 0 radical (unpaired) electrons. The zero-order valence-electron chi connectivity index (χ0n) is 7.42. The standard InChI is InChI=1S/C8H17NO3/c1-7(10)4-6-9-5-2-3-8(11)12/h7,9-10H,2-6H2,1H3,(H,11,12). The molecule has 0 saturated heterocycles. The Kier molecular flexibility index (Phi) is 6.70. The number of nitrogens with one attached hydrogen (secondary N) is 1. The lowest BCUT2D eigenvalue weighted by molar-refractivity contribution is -0.137. The molecule has 72 valence electrons. The molecule has 0 spiro atoms. The van der Waals surface area contributed by atoms with Gasteiger partial charge in [-0.2, -0.15) is 0 Å². The molecule has 0 heterocycles. The van der Waals surface area contributed by atoms with E-state index in [2.05, 4.69) is 5.32 Å². The largest absolute Gasteiger partial charge is 0.481 e. The van der Waals surface area contributed by atoms with Gasteiger partial charge in [0.25, 0.3) is 0 Å². The number of carboxylic acids is 1. The molecular formula is C8H17NO3. The first-order valence-corrected chi connectivity index (χ1v) is 4.23. The summed E-state index contributed by atoms with van der Waals surface area (Å²) < 4.78 is 0. The molecule has 0 aromatic carbocycles. The van der Waals surface area contributed by atoms with Gasteiger partial charge in [0.2, 0.25) is 0 Å². The third-order valence-electron chi connectivity index (χ3n) is 1.48. The van der Waals surface area contributed by atoms with Crippen LogP contribution in [0.25, 0.3) is 0 Å². The monoisotopic (exact) mass is 175 g/mol. The molecule has 1 atom stereocenters. The van der Waals surface area contributed by atoms with Gasteiger partial charge in [-0.25, -0.2) is 0 Å². The van der Waals surface area contributed by atoms with Gasteiger partial charge in [0.05, 0.1) is 6.10 Å². The Morgan fingerprint density at radius 1 is 1.50 bits per heavy atom. The van der Waals surface area contributed by atoms with Gasteiger partial charge in [-0.1, -0.05) is 0 Å². The summed E-state index contributed by atoms with van der Waals surface area (Å²) in [6.07, 6.45) is 1.29. The van der Waals surface area contributed by atoms with Crippen LogP contribution in [0.4, 0.5) is 0 Å². The second kappa shape index (κ2) is 7.06. The Labute approximate surface area is 72.6 Å². The van der Waals surface area contributed by atoms with Gasteiger partial charge < -0.3 is 15.5 Å². The predicted octanol–water partition coefficient (Wildman–Crippen LogP) is 0.212. The van der Waals surface area contributed by atoms with Crippen LogP contribution in [0.1, 0.15) is 26.2 Å². The van der Waals surface area contributed by atoms with E-state index in [0.717, 1.165) is 6.54 Å². The number of rotatable bonds is 7. The Hall–Kier alpha value is -0.610. The van der Waals surface area contributed by atoms with Gasteiger partial charge in [-0.15, -0.1) is 0 Å². The van der Waals surface area contributed by atoms with Gasteiger partial charge in [0.15, 0.2) is 0 Å². The van der Waals surface area contributed by atoms with Gasteiger partial charge in [0, 0.05) is 6.42 Å². The summed E-state index contributed by atoms with van der Waals surface area (Å²) in [5, 5.41) is 20.2. The SMILES string of the molecule is CC(O)CCNCCCC(=O)O. The van der Waals surface area contributed by atoms with E-state index in [1.165, 1.54) is 0 Å². The summed E-state index contributed by atoms with van der Waals surface area (Å²) in [7, 11) is 0. The van der Waals surface area contributed by atoms with Crippen molar-refractivity contribution < 1.29 is 15.0 Å². The zero-order valence-corrected chi connectivity index (χ0v) is 7.42. The smallest absolute Gasteiger partial charge is 0.303 e. The van der Waals surface area contributed by atoms with Crippen LogP contribution in [0.3, 0.4) is 0 Å². The average Bonchev–Trinajstić information content (AvgIpc) is 1.95. The van der Waals surface area contributed by atoms with Crippen LogP contribution in [-0.2, 0) is 4.79 Å². The highest BCUT2D eigenvalue weighted by molar-refractivity contribution is 5.66. The van der Waals surface area contributed by atoms with Crippen molar-refractivity contribution in [3.8, 4) is 0 Å². The number of hydrogen-bond donors (Lipinski definition) is 3. The lowest BCUT2D eigenvalue weighted by Gasteiger charge is -2.04. The van der Waals surface area contributed by atoms with E-state index >= 15 is 0 Å². The summed E-state index contributed by atoms with van der Waals surface area (Å²) in [5.74, 6) is -0.757. The number of carbonyl (C=O) groups is 1. The number of carboxylic acid groups (broad SMARTS) is 1. The van der Waals surface area contributed by atoms with Crippen molar-refractivity contribution in [2.45, 2.75) is 32.3 Å². The van der Waals surface area contributed by atoms with E-state index in [1.807, 2.05) is 0 Å². The minimum atomic E-state index is -0.757. The van der Waals surface area contributed by atoms with Crippen molar-refractivity contribution in [3.05, 3.63) is 0 Å². The maximum Gasteiger partial charge on any atom is 0.303 e. The minimum absolute atomic E-state index is 0.210. The van der Waals surface area contributed by atoms with E-state index in [0.29, 0.717) is 19.4 Å². The zero-order chi connectivity index (χ0) is 9.40. The fourth-order valence-electron chi connectivity index (χ4n) is 0.801. The highest BCUT2D eigenvalue weighted by Gasteiger charge is 1.96. The second-order valence-corrected chi connectivity index (χ2v) is 2.88. The first-order chi connectivity index (χ1) is 5.63. The third kappa shape index (κ3) is 9.39. The van der Waals surface area contributed by atoms with Crippen LogP contribution in [0.15, 0.2) is 0 Å². The molecule has 0 aromatic rings. The Morgan fingerprint density at radius 3 is 2.67 bits per heavy atom. The van der Waals surface area contributed by atoms with E-state index in [4.69, 9.17) is 10.2 Å². The molecular weight excluding hydrogens is 158 g/mol. The number of hydrogen-bond acceptors (Lipinski definition) is 3. The Morgan fingerprint density at radius 2 is 2.17 bits per heavy atom. The minimum Gasteiger partial charge on any atom is -0.481 e. The van der Waals surface area contributed by atoms with Gasteiger partial charge in [-0.3, -0.25) is 4.79 Å². The highest BCUT2D eigenvalue weighted by atomic mass is 16.4. The van der Waals surface area contributed by atoms with Gasteiger partial charge >= 0.3 is 5.97 Å². The van der Waals surface area contributed by atoms with Crippen molar-refractivity contribution in [2.75, 3.05) is 13.1 Å². The fraction of sp³-hybridized carbons (Fsp3) is 0.875. The number of aliphatic carboxylic acids is 1. The predicted molar refractivity (Wildman–Crippen MR) is 46.0 cm³/mol. The quantitative estimate of drug-likeness (QED) is 0.484. The van der Waals surface area contributed by atoms with Crippen LogP contribution >= 0.6 is 0 Å². The van der Waals surface area contributed by atoms with E-state index in [-0.39, 0.29) is 12.5 Å². The number of aliphatic hydroxyl groups is 1. The highest BCUT2D eigenvalue weighted by Crippen LogP contribution is 1.88. The van der Waals surface area contributed by atoms with Crippen LogP contribution in [0.5, 0.6) is 0 Å². The van der Waals surface area contributed by atoms with Gasteiger partial charge in [0.1, 0.15) is 0 Å². The first kappa shape index (κ1) is 11.4. The molecule has 4 nitrogen and oxygen atoms in total. The third-order valence-corrected chi connectivity index (χ3v) is 1.48. The van der Waals surface area contributed by atoms with Crippen LogP contribution in [0, 0.1) is 0 Å². The maximum absolute atomic E-state index is 10.1. The summed E-state index contributed by atoms with van der Waals surface area (Å²) in [6.45, 7) is 3.19. The molecule has 4 heteroatoms. The normalized spacial score (nSPS) is 12.8. The molecule has 0 aromatic heterocycles. The molecule has 0 amide bonds. The number of aliphatic hydroxyl groups excluding tert-OH is 1. The van der Waals surface area contributed by atoms with E-state index in [1.54, 1.807) is 6.92 Å². The molecule has 0 fully saturated rings. The van der Waals surface area contributed by atoms with Crippen LogP contribution < -0.4 is 5.32 Å². The molecule has 0 aliphatic carbocycles. The van der Waals surface area contributed by atoms with Crippen LogP contribution in [0.2, 0.25) is 0 Å².